The van der Waals surface area contributed by atoms with Crippen LogP contribution in [0.1, 0.15) is 9.88 Å². The molecule has 0 atom stereocenters. The van der Waals surface area contributed by atoms with Crippen molar-refractivity contribution in [3.63, 3.8) is 0 Å². The van der Waals surface area contributed by atoms with Gasteiger partial charge in [0.1, 0.15) is 5.01 Å². The van der Waals surface area contributed by atoms with Crippen molar-refractivity contribution in [2.75, 3.05) is 11.1 Å². The second-order valence-corrected chi connectivity index (χ2v) is 5.12. The summed E-state index contributed by atoms with van der Waals surface area (Å²) in [4.78, 5) is 16.9. The number of carbonyl (C=O) groups excluding carboxylic acids is 1. The number of hydrogen-bond acceptors (Lipinski definition) is 4. The van der Waals surface area contributed by atoms with Crippen molar-refractivity contribution in [3.8, 4) is 0 Å². The van der Waals surface area contributed by atoms with Crippen molar-refractivity contribution in [2.24, 2.45) is 0 Å². The summed E-state index contributed by atoms with van der Waals surface area (Å²) in [7, 11) is 0. The van der Waals surface area contributed by atoms with Crippen molar-refractivity contribution < 1.29 is 4.79 Å². The fourth-order valence-electron chi connectivity index (χ4n) is 1.43. The quantitative estimate of drug-likeness (QED) is 0.743. The van der Waals surface area contributed by atoms with Crippen LogP contribution in [-0.2, 0) is 6.54 Å². The van der Waals surface area contributed by atoms with Crippen LogP contribution in [0, 0.1) is 6.92 Å². The van der Waals surface area contributed by atoms with Crippen LogP contribution in [0.5, 0.6) is 0 Å². The van der Waals surface area contributed by atoms with E-state index < -0.39 is 0 Å². The van der Waals surface area contributed by atoms with Crippen molar-refractivity contribution in [1.82, 2.24) is 10.3 Å². The minimum absolute atomic E-state index is 0.270. The molecule has 2 amide bonds. The number of hydrogen-bond donors (Lipinski definition) is 3. The van der Waals surface area contributed by atoms with Gasteiger partial charge >= 0.3 is 6.03 Å². The Labute approximate surface area is 109 Å². The van der Waals surface area contributed by atoms with Gasteiger partial charge in [-0.15, -0.1) is 11.3 Å². The molecule has 0 aliphatic rings. The summed E-state index contributed by atoms with van der Waals surface area (Å²) in [5.41, 5.74) is 6.91. The molecule has 0 aliphatic heterocycles. The lowest BCUT2D eigenvalue weighted by molar-refractivity contribution is 0.251. The number of nitrogens with one attached hydrogen (secondary N) is 2. The van der Waals surface area contributed by atoms with Crippen LogP contribution in [0.15, 0.2) is 30.5 Å². The fourth-order valence-corrected chi connectivity index (χ4v) is 2.16. The number of benzene rings is 1. The second-order valence-electron chi connectivity index (χ2n) is 3.80. The van der Waals surface area contributed by atoms with E-state index in [1.54, 1.807) is 41.8 Å². The van der Waals surface area contributed by atoms with Crippen LogP contribution in [-0.4, -0.2) is 11.0 Å². The van der Waals surface area contributed by atoms with Crippen LogP contribution in [0.3, 0.4) is 0 Å². The number of aryl methyl sites for hydroxylation is 1. The third kappa shape index (κ3) is 3.46. The van der Waals surface area contributed by atoms with E-state index in [1.807, 2.05) is 6.92 Å². The number of nitrogens with zero attached hydrogens (tertiary/aromatic N) is 1. The molecule has 1 aromatic heterocycles. The molecule has 6 heteroatoms. The summed E-state index contributed by atoms with van der Waals surface area (Å²) >= 11 is 1.56. The molecule has 0 saturated heterocycles. The number of thiazole rings is 1. The zero-order chi connectivity index (χ0) is 13.0. The van der Waals surface area contributed by atoms with Crippen molar-refractivity contribution in [1.29, 1.82) is 0 Å². The first kappa shape index (κ1) is 12.4. The van der Waals surface area contributed by atoms with Gasteiger partial charge in [-0.2, -0.15) is 0 Å². The smallest absolute Gasteiger partial charge is 0.319 e. The maximum absolute atomic E-state index is 11.6. The topological polar surface area (TPSA) is 80.0 Å². The van der Waals surface area contributed by atoms with Gasteiger partial charge in [0, 0.05) is 22.4 Å². The second kappa shape index (κ2) is 5.50. The number of anilines is 2. The standard InChI is InChI=1S/C12H14N4OS/c1-8-6-14-11(18-8)7-15-12(17)16-10-4-2-3-9(13)5-10/h2-6H,7,13H2,1H3,(H2,15,16,17). The Hall–Kier alpha value is -2.08. The lowest BCUT2D eigenvalue weighted by Crippen LogP contribution is -2.28. The fraction of sp³-hybridized carbons (Fsp3) is 0.167. The van der Waals surface area contributed by atoms with Gasteiger partial charge in [0.05, 0.1) is 6.54 Å². The highest BCUT2D eigenvalue weighted by molar-refractivity contribution is 7.11. The number of carbonyl (C=O) groups is 1. The maximum Gasteiger partial charge on any atom is 0.319 e. The molecule has 0 fully saturated rings. The summed E-state index contributed by atoms with van der Waals surface area (Å²) < 4.78 is 0. The molecule has 0 saturated carbocycles. The number of aromatic nitrogens is 1. The third-order valence-corrected chi connectivity index (χ3v) is 3.13. The van der Waals surface area contributed by atoms with Crippen molar-refractivity contribution in [3.05, 3.63) is 40.3 Å². The Balaban J connectivity index is 1.85. The zero-order valence-corrected chi connectivity index (χ0v) is 10.8. The summed E-state index contributed by atoms with van der Waals surface area (Å²) in [5, 5.41) is 6.33. The minimum atomic E-state index is -0.270. The molecule has 4 N–H and O–H groups in total. The Bertz CT molecular complexity index is 553. The minimum Gasteiger partial charge on any atom is -0.399 e. The van der Waals surface area contributed by atoms with E-state index in [9.17, 15) is 4.79 Å². The molecular formula is C12H14N4OS. The molecule has 2 aromatic rings. The Morgan fingerprint density at radius 3 is 3.00 bits per heavy atom. The summed E-state index contributed by atoms with van der Waals surface area (Å²) in [6, 6.07) is 6.76. The highest BCUT2D eigenvalue weighted by Gasteiger charge is 2.03. The number of urea groups is 1. The van der Waals surface area contributed by atoms with E-state index in [1.165, 1.54) is 0 Å². The average molecular weight is 262 g/mol. The van der Waals surface area contributed by atoms with Gasteiger partial charge in [-0.1, -0.05) is 6.07 Å². The van der Waals surface area contributed by atoms with Crippen molar-refractivity contribution in [2.45, 2.75) is 13.5 Å². The van der Waals surface area contributed by atoms with E-state index in [0.717, 1.165) is 9.88 Å². The predicted octanol–water partition coefficient (Wildman–Crippen LogP) is 2.36. The largest absolute Gasteiger partial charge is 0.399 e. The molecule has 1 aromatic carbocycles. The first-order chi connectivity index (χ1) is 8.63. The van der Waals surface area contributed by atoms with Gasteiger partial charge in [-0.05, 0) is 25.1 Å². The Kier molecular flexibility index (Phi) is 3.78. The molecule has 0 bridgehead atoms. The molecule has 0 unspecified atom stereocenters. The van der Waals surface area contributed by atoms with E-state index in [4.69, 9.17) is 5.73 Å². The lowest BCUT2D eigenvalue weighted by Gasteiger charge is -2.06. The van der Waals surface area contributed by atoms with Crippen LogP contribution in [0.2, 0.25) is 0 Å². The highest BCUT2D eigenvalue weighted by Crippen LogP contribution is 2.12. The molecule has 2 rings (SSSR count). The molecule has 5 nitrogen and oxygen atoms in total. The van der Waals surface area contributed by atoms with E-state index in [0.29, 0.717) is 17.9 Å². The number of nitrogens with two attached hydrogens (primary N) is 1. The Morgan fingerprint density at radius 2 is 2.33 bits per heavy atom. The monoisotopic (exact) mass is 262 g/mol. The maximum atomic E-state index is 11.6. The first-order valence-electron chi connectivity index (χ1n) is 5.45. The summed E-state index contributed by atoms with van der Waals surface area (Å²) in [5.74, 6) is 0. The third-order valence-electron chi connectivity index (χ3n) is 2.21. The first-order valence-corrected chi connectivity index (χ1v) is 6.27. The average Bonchev–Trinajstić information content (AvgIpc) is 2.73. The summed E-state index contributed by atoms with van der Waals surface area (Å²) in [6.45, 7) is 2.40. The highest BCUT2D eigenvalue weighted by atomic mass is 32.1. The SMILES string of the molecule is Cc1cnc(CNC(=O)Nc2cccc(N)c2)s1. The van der Waals surface area contributed by atoms with Crippen molar-refractivity contribution >= 4 is 28.7 Å². The molecule has 0 spiro atoms. The molecular weight excluding hydrogens is 248 g/mol. The van der Waals surface area contributed by atoms with Gasteiger partial charge in [-0.25, -0.2) is 9.78 Å². The number of rotatable bonds is 3. The van der Waals surface area contributed by atoms with E-state index >= 15 is 0 Å². The normalized spacial score (nSPS) is 10.1. The summed E-state index contributed by atoms with van der Waals surface area (Å²) in [6.07, 6.45) is 1.79. The molecule has 94 valence electrons. The Morgan fingerprint density at radius 1 is 1.50 bits per heavy atom. The van der Waals surface area contributed by atoms with Gasteiger partial charge < -0.3 is 16.4 Å². The predicted molar refractivity (Wildman–Crippen MR) is 73.6 cm³/mol. The van der Waals surface area contributed by atoms with E-state index in [-0.39, 0.29) is 6.03 Å². The van der Waals surface area contributed by atoms with E-state index in [2.05, 4.69) is 15.6 Å². The molecule has 1 heterocycles. The van der Waals surface area contributed by atoms with Crippen LogP contribution in [0.25, 0.3) is 0 Å². The van der Waals surface area contributed by atoms with Gasteiger partial charge in [0.15, 0.2) is 0 Å². The molecule has 0 radical (unpaired) electrons. The zero-order valence-electron chi connectivity index (χ0n) is 9.93. The van der Waals surface area contributed by atoms with Gasteiger partial charge in [-0.3, -0.25) is 0 Å². The van der Waals surface area contributed by atoms with Gasteiger partial charge in [0.2, 0.25) is 0 Å². The van der Waals surface area contributed by atoms with Gasteiger partial charge in [0.25, 0.3) is 0 Å². The molecule has 0 aliphatic carbocycles. The van der Waals surface area contributed by atoms with Crippen LogP contribution in [0.4, 0.5) is 16.2 Å². The number of amides is 2. The molecule has 18 heavy (non-hydrogen) atoms. The number of nitrogen functional groups attached to an aromatic ring is 1. The van der Waals surface area contributed by atoms with Crippen LogP contribution < -0.4 is 16.4 Å². The lowest BCUT2D eigenvalue weighted by atomic mass is 10.3. The van der Waals surface area contributed by atoms with Crippen LogP contribution >= 0.6 is 11.3 Å².